The first-order chi connectivity index (χ1) is 11.4. The van der Waals surface area contributed by atoms with Crippen molar-refractivity contribution in [3.63, 3.8) is 0 Å². The molecule has 6 nitrogen and oxygen atoms in total. The second-order valence-corrected chi connectivity index (χ2v) is 6.98. The van der Waals surface area contributed by atoms with E-state index in [1.807, 2.05) is 6.07 Å². The van der Waals surface area contributed by atoms with Crippen LogP contribution in [-0.4, -0.2) is 32.6 Å². The Morgan fingerprint density at radius 1 is 1.17 bits per heavy atom. The van der Waals surface area contributed by atoms with Crippen molar-refractivity contribution < 1.29 is 23.1 Å². The molecule has 0 heterocycles. The van der Waals surface area contributed by atoms with Crippen molar-refractivity contribution in [3.8, 4) is 5.75 Å². The summed E-state index contributed by atoms with van der Waals surface area (Å²) in [6, 6.07) is 13.7. The molecule has 0 spiro atoms. The van der Waals surface area contributed by atoms with Crippen LogP contribution in [0.1, 0.15) is 11.1 Å². The molecule has 7 heteroatoms. The SMILES string of the molecule is Cc1ccccc1S(=O)(=O)NCCc1cccc(OCC(=O)O)c1. The summed E-state index contributed by atoms with van der Waals surface area (Å²) >= 11 is 0. The number of nitrogens with one attached hydrogen (secondary N) is 1. The van der Waals surface area contributed by atoms with Crippen molar-refractivity contribution in [2.45, 2.75) is 18.2 Å². The molecule has 0 amide bonds. The number of aliphatic carboxylic acids is 1. The molecule has 2 N–H and O–H groups in total. The molecule has 0 aliphatic rings. The number of hydrogen-bond acceptors (Lipinski definition) is 4. The Kier molecular flexibility index (Phi) is 5.94. The number of ether oxygens (including phenoxy) is 1. The number of rotatable bonds is 8. The van der Waals surface area contributed by atoms with Crippen LogP contribution < -0.4 is 9.46 Å². The fraction of sp³-hybridized carbons (Fsp3) is 0.235. The third-order valence-electron chi connectivity index (χ3n) is 3.35. The van der Waals surface area contributed by atoms with Gasteiger partial charge in [0.2, 0.25) is 10.0 Å². The van der Waals surface area contributed by atoms with Crippen molar-refractivity contribution in [3.05, 3.63) is 59.7 Å². The number of hydrogen-bond donors (Lipinski definition) is 2. The lowest BCUT2D eigenvalue weighted by atomic mass is 10.1. The van der Waals surface area contributed by atoms with Crippen molar-refractivity contribution in [2.75, 3.05) is 13.2 Å². The topological polar surface area (TPSA) is 92.7 Å². The molecule has 0 atom stereocenters. The molecule has 2 aromatic rings. The lowest BCUT2D eigenvalue weighted by Crippen LogP contribution is -2.26. The Morgan fingerprint density at radius 2 is 1.92 bits per heavy atom. The molecule has 0 aromatic heterocycles. The Hall–Kier alpha value is -2.38. The second-order valence-electron chi connectivity index (χ2n) is 5.24. The molecule has 0 saturated carbocycles. The summed E-state index contributed by atoms with van der Waals surface area (Å²) in [5.41, 5.74) is 1.54. The van der Waals surface area contributed by atoms with Crippen LogP contribution in [-0.2, 0) is 21.2 Å². The molecule has 128 valence electrons. The summed E-state index contributed by atoms with van der Waals surface area (Å²) in [5.74, 6) is -0.608. The van der Waals surface area contributed by atoms with Gasteiger partial charge in [0.05, 0.1) is 4.90 Å². The zero-order chi connectivity index (χ0) is 17.6. The zero-order valence-electron chi connectivity index (χ0n) is 13.2. The number of sulfonamides is 1. The summed E-state index contributed by atoms with van der Waals surface area (Å²) in [5, 5.41) is 8.60. The molecule has 0 bridgehead atoms. The van der Waals surface area contributed by atoms with Crippen LogP contribution in [0.5, 0.6) is 5.75 Å². The summed E-state index contributed by atoms with van der Waals surface area (Å²) < 4.78 is 32.2. The van der Waals surface area contributed by atoms with Crippen molar-refractivity contribution in [1.29, 1.82) is 0 Å². The summed E-state index contributed by atoms with van der Waals surface area (Å²) in [4.78, 5) is 10.8. The summed E-state index contributed by atoms with van der Waals surface area (Å²) in [7, 11) is -3.55. The first kappa shape index (κ1) is 18.0. The van der Waals surface area contributed by atoms with E-state index in [0.29, 0.717) is 17.7 Å². The molecule has 0 fully saturated rings. The Labute approximate surface area is 141 Å². The van der Waals surface area contributed by atoms with Crippen LogP contribution in [0, 0.1) is 6.92 Å². The average molecular weight is 349 g/mol. The lowest BCUT2D eigenvalue weighted by molar-refractivity contribution is -0.139. The van der Waals surface area contributed by atoms with Gasteiger partial charge in [-0.3, -0.25) is 0 Å². The van der Waals surface area contributed by atoms with E-state index in [4.69, 9.17) is 9.84 Å². The Bertz CT molecular complexity index is 817. The molecular formula is C17H19NO5S. The van der Waals surface area contributed by atoms with Crippen molar-refractivity contribution in [2.24, 2.45) is 0 Å². The maximum absolute atomic E-state index is 12.3. The lowest BCUT2D eigenvalue weighted by Gasteiger charge is -2.10. The van der Waals surface area contributed by atoms with Gasteiger partial charge >= 0.3 is 5.97 Å². The van der Waals surface area contributed by atoms with E-state index >= 15 is 0 Å². The highest BCUT2D eigenvalue weighted by molar-refractivity contribution is 7.89. The first-order valence-electron chi connectivity index (χ1n) is 7.37. The van der Waals surface area contributed by atoms with Crippen molar-refractivity contribution >= 4 is 16.0 Å². The summed E-state index contributed by atoms with van der Waals surface area (Å²) in [6.07, 6.45) is 0.468. The largest absolute Gasteiger partial charge is 0.482 e. The number of carboxylic acid groups (broad SMARTS) is 1. The predicted octanol–water partition coefficient (Wildman–Crippen LogP) is 1.98. The molecule has 24 heavy (non-hydrogen) atoms. The van der Waals surface area contributed by atoms with Gasteiger partial charge in [-0.25, -0.2) is 17.9 Å². The van der Waals surface area contributed by atoms with E-state index in [1.165, 1.54) is 0 Å². The third-order valence-corrected chi connectivity index (χ3v) is 4.97. The quantitative estimate of drug-likeness (QED) is 0.760. The van der Waals surface area contributed by atoms with Gasteiger partial charge in [-0.15, -0.1) is 0 Å². The highest BCUT2D eigenvalue weighted by Gasteiger charge is 2.15. The van der Waals surface area contributed by atoms with E-state index < -0.39 is 22.6 Å². The molecular weight excluding hydrogens is 330 g/mol. The van der Waals surface area contributed by atoms with Crippen LogP contribution >= 0.6 is 0 Å². The molecule has 0 radical (unpaired) electrons. The molecule has 0 saturated heterocycles. The standard InChI is InChI=1S/C17H19NO5S/c1-13-5-2-3-8-16(13)24(21,22)18-10-9-14-6-4-7-15(11-14)23-12-17(19)20/h2-8,11,18H,9-10,12H2,1H3,(H,19,20). The highest BCUT2D eigenvalue weighted by atomic mass is 32.2. The monoisotopic (exact) mass is 349 g/mol. The highest BCUT2D eigenvalue weighted by Crippen LogP contribution is 2.15. The van der Waals surface area contributed by atoms with Gasteiger partial charge in [0.25, 0.3) is 0 Å². The van der Waals surface area contributed by atoms with Gasteiger partial charge in [0, 0.05) is 6.54 Å². The minimum Gasteiger partial charge on any atom is -0.482 e. The van der Waals surface area contributed by atoms with Gasteiger partial charge in [-0.05, 0) is 42.7 Å². The van der Waals surface area contributed by atoms with Crippen LogP contribution in [0.4, 0.5) is 0 Å². The van der Waals surface area contributed by atoms with E-state index in [2.05, 4.69) is 4.72 Å². The van der Waals surface area contributed by atoms with E-state index in [9.17, 15) is 13.2 Å². The van der Waals surface area contributed by atoms with Crippen LogP contribution in [0.15, 0.2) is 53.4 Å². The van der Waals surface area contributed by atoms with Gasteiger partial charge in [0.15, 0.2) is 6.61 Å². The maximum Gasteiger partial charge on any atom is 0.341 e. The second kappa shape index (κ2) is 7.94. The normalized spacial score (nSPS) is 11.2. The fourth-order valence-corrected chi connectivity index (χ4v) is 3.48. The Balaban J connectivity index is 1.95. The molecule has 0 unspecified atom stereocenters. The van der Waals surface area contributed by atoms with Crippen LogP contribution in [0.2, 0.25) is 0 Å². The number of benzene rings is 2. The molecule has 0 aliphatic carbocycles. The van der Waals surface area contributed by atoms with Gasteiger partial charge in [0.1, 0.15) is 5.75 Å². The van der Waals surface area contributed by atoms with E-state index in [1.54, 1.807) is 49.4 Å². The van der Waals surface area contributed by atoms with Crippen LogP contribution in [0.3, 0.4) is 0 Å². The number of aryl methyl sites for hydroxylation is 1. The van der Waals surface area contributed by atoms with Gasteiger partial charge in [-0.2, -0.15) is 0 Å². The molecule has 2 rings (SSSR count). The van der Waals surface area contributed by atoms with Gasteiger partial charge in [-0.1, -0.05) is 30.3 Å². The van der Waals surface area contributed by atoms with E-state index in [0.717, 1.165) is 5.56 Å². The maximum atomic E-state index is 12.3. The first-order valence-corrected chi connectivity index (χ1v) is 8.85. The van der Waals surface area contributed by atoms with E-state index in [-0.39, 0.29) is 11.4 Å². The van der Waals surface area contributed by atoms with Crippen LogP contribution in [0.25, 0.3) is 0 Å². The zero-order valence-corrected chi connectivity index (χ0v) is 14.0. The predicted molar refractivity (Wildman–Crippen MR) is 89.6 cm³/mol. The number of carbonyl (C=O) groups is 1. The van der Waals surface area contributed by atoms with Gasteiger partial charge < -0.3 is 9.84 Å². The fourth-order valence-electron chi connectivity index (χ4n) is 2.20. The molecule has 0 aliphatic heterocycles. The smallest absolute Gasteiger partial charge is 0.341 e. The summed E-state index contributed by atoms with van der Waals surface area (Å²) in [6.45, 7) is 1.57. The molecule has 2 aromatic carbocycles. The number of carboxylic acids is 1. The van der Waals surface area contributed by atoms with Crippen molar-refractivity contribution in [1.82, 2.24) is 4.72 Å². The minimum atomic E-state index is -3.55. The third kappa shape index (κ3) is 5.07. The average Bonchev–Trinajstić information content (AvgIpc) is 2.53. The minimum absolute atomic E-state index is 0.235. The Morgan fingerprint density at radius 3 is 2.62 bits per heavy atom.